The molecule has 0 heterocycles. The molecule has 0 saturated carbocycles. The first-order valence-corrected chi connectivity index (χ1v) is 5.04. The highest BCUT2D eigenvalue weighted by atomic mass is 19.4. The van der Waals surface area contributed by atoms with Gasteiger partial charge in [-0.05, 0) is 35.4 Å². The number of phenols is 1. The van der Waals surface area contributed by atoms with Crippen LogP contribution in [-0.2, 0) is 6.18 Å². The molecule has 0 aliphatic carbocycles. The van der Waals surface area contributed by atoms with E-state index in [9.17, 15) is 22.7 Å². The minimum absolute atomic E-state index is 0.319. The molecule has 1 N–H and O–H groups in total. The van der Waals surface area contributed by atoms with Gasteiger partial charge in [0.2, 0.25) is 0 Å². The lowest BCUT2D eigenvalue weighted by molar-refractivity contribution is -0.138. The molecule has 0 spiro atoms. The van der Waals surface area contributed by atoms with Gasteiger partial charge in [-0.1, -0.05) is 18.2 Å². The second-order valence-electron chi connectivity index (χ2n) is 3.74. The molecule has 0 aliphatic heterocycles. The first-order valence-electron chi connectivity index (χ1n) is 5.04. The summed E-state index contributed by atoms with van der Waals surface area (Å²) < 4.78 is 50.3. The Balaban J connectivity index is 2.47. The van der Waals surface area contributed by atoms with Gasteiger partial charge in [-0.2, -0.15) is 13.2 Å². The Bertz CT molecular complexity index is 575. The van der Waals surface area contributed by atoms with Crippen molar-refractivity contribution in [1.82, 2.24) is 0 Å². The van der Waals surface area contributed by atoms with Crippen LogP contribution in [0.1, 0.15) is 5.56 Å². The molecule has 0 unspecified atom stereocenters. The number of rotatable bonds is 1. The molecule has 2 aromatic carbocycles. The van der Waals surface area contributed by atoms with Crippen molar-refractivity contribution in [1.29, 1.82) is 0 Å². The summed E-state index contributed by atoms with van der Waals surface area (Å²) in [4.78, 5) is 0. The summed E-state index contributed by atoms with van der Waals surface area (Å²) in [6.07, 6.45) is -4.61. The minimum Gasteiger partial charge on any atom is -0.507 e. The molecule has 2 aromatic rings. The van der Waals surface area contributed by atoms with Crippen LogP contribution in [-0.4, -0.2) is 5.11 Å². The first-order chi connectivity index (χ1) is 8.38. The van der Waals surface area contributed by atoms with Gasteiger partial charge in [0.1, 0.15) is 11.6 Å². The number of benzene rings is 2. The smallest absolute Gasteiger partial charge is 0.419 e. The van der Waals surface area contributed by atoms with E-state index in [1.54, 1.807) is 6.07 Å². The molecule has 0 radical (unpaired) electrons. The number of alkyl halides is 3. The Morgan fingerprint density at radius 1 is 0.889 bits per heavy atom. The standard InChI is InChI=1S/C13H8F4O/c14-10-3-1-2-8(6-10)9-4-5-11(12(18)7-9)13(15,16)17/h1-7,18H. The second kappa shape index (κ2) is 4.33. The predicted octanol–water partition coefficient (Wildman–Crippen LogP) is 4.22. The van der Waals surface area contributed by atoms with E-state index in [4.69, 9.17) is 0 Å². The van der Waals surface area contributed by atoms with Crippen LogP contribution >= 0.6 is 0 Å². The lowest BCUT2D eigenvalue weighted by atomic mass is 10.0. The summed E-state index contributed by atoms with van der Waals surface area (Å²) in [5.41, 5.74) is -0.387. The fourth-order valence-corrected chi connectivity index (χ4v) is 1.62. The van der Waals surface area contributed by atoms with Crippen molar-refractivity contribution in [3.8, 4) is 16.9 Å². The summed E-state index contributed by atoms with van der Waals surface area (Å²) >= 11 is 0. The van der Waals surface area contributed by atoms with E-state index in [-0.39, 0.29) is 0 Å². The maximum absolute atomic E-state index is 13.0. The summed E-state index contributed by atoms with van der Waals surface area (Å²) in [5.74, 6) is -1.36. The molecule has 0 amide bonds. The third-order valence-corrected chi connectivity index (χ3v) is 2.46. The highest BCUT2D eigenvalue weighted by Gasteiger charge is 2.33. The maximum atomic E-state index is 13.0. The van der Waals surface area contributed by atoms with E-state index in [1.165, 1.54) is 24.3 Å². The van der Waals surface area contributed by atoms with Crippen molar-refractivity contribution in [2.45, 2.75) is 6.18 Å². The Morgan fingerprint density at radius 2 is 1.56 bits per heavy atom. The average Bonchev–Trinajstić information content (AvgIpc) is 2.27. The summed E-state index contributed by atoms with van der Waals surface area (Å²) in [6.45, 7) is 0. The van der Waals surface area contributed by atoms with E-state index in [1.807, 2.05) is 0 Å². The number of halogens is 4. The van der Waals surface area contributed by atoms with Crippen LogP contribution in [0.5, 0.6) is 5.75 Å². The fourth-order valence-electron chi connectivity index (χ4n) is 1.62. The van der Waals surface area contributed by atoms with Gasteiger partial charge in [-0.25, -0.2) is 4.39 Å². The molecule has 94 valence electrons. The van der Waals surface area contributed by atoms with Gasteiger partial charge in [-0.15, -0.1) is 0 Å². The van der Waals surface area contributed by atoms with Gasteiger partial charge < -0.3 is 5.11 Å². The van der Waals surface area contributed by atoms with Crippen molar-refractivity contribution in [3.63, 3.8) is 0 Å². The van der Waals surface area contributed by atoms with Gasteiger partial charge in [-0.3, -0.25) is 0 Å². The SMILES string of the molecule is Oc1cc(-c2cccc(F)c2)ccc1C(F)(F)F. The molecule has 0 atom stereocenters. The van der Waals surface area contributed by atoms with Gasteiger partial charge in [0.15, 0.2) is 0 Å². The molecule has 2 rings (SSSR count). The number of phenolic OH excluding ortho intramolecular Hbond substituents is 1. The Hall–Kier alpha value is -2.04. The molecule has 18 heavy (non-hydrogen) atoms. The van der Waals surface area contributed by atoms with Crippen LogP contribution in [0, 0.1) is 5.82 Å². The maximum Gasteiger partial charge on any atom is 0.419 e. The normalized spacial score (nSPS) is 11.6. The molecular formula is C13H8F4O. The van der Waals surface area contributed by atoms with Crippen LogP contribution in [0.15, 0.2) is 42.5 Å². The molecule has 0 aromatic heterocycles. The third-order valence-electron chi connectivity index (χ3n) is 2.46. The van der Waals surface area contributed by atoms with Gasteiger partial charge in [0, 0.05) is 0 Å². The monoisotopic (exact) mass is 256 g/mol. The van der Waals surface area contributed by atoms with E-state index in [0.717, 1.165) is 12.1 Å². The Labute approximate surface area is 100 Å². The molecule has 0 aliphatic rings. The van der Waals surface area contributed by atoms with Crippen molar-refractivity contribution >= 4 is 0 Å². The lowest BCUT2D eigenvalue weighted by Gasteiger charge is -2.10. The molecule has 0 saturated heterocycles. The van der Waals surface area contributed by atoms with Crippen molar-refractivity contribution in [2.24, 2.45) is 0 Å². The fraction of sp³-hybridized carbons (Fsp3) is 0.0769. The van der Waals surface area contributed by atoms with Gasteiger partial charge in [0.05, 0.1) is 5.56 Å². The summed E-state index contributed by atoms with van der Waals surface area (Å²) in [6, 6.07) is 8.34. The van der Waals surface area contributed by atoms with E-state index in [2.05, 4.69) is 0 Å². The second-order valence-corrected chi connectivity index (χ2v) is 3.74. The Kier molecular flexibility index (Phi) is 2.98. The zero-order chi connectivity index (χ0) is 13.3. The summed E-state index contributed by atoms with van der Waals surface area (Å²) in [5, 5.41) is 9.34. The topological polar surface area (TPSA) is 20.2 Å². The molecule has 0 bridgehead atoms. The highest BCUT2D eigenvalue weighted by Crippen LogP contribution is 2.37. The first kappa shape index (κ1) is 12.4. The highest BCUT2D eigenvalue weighted by molar-refractivity contribution is 5.66. The quantitative estimate of drug-likeness (QED) is 0.757. The van der Waals surface area contributed by atoms with Crippen LogP contribution in [0.4, 0.5) is 17.6 Å². The average molecular weight is 256 g/mol. The van der Waals surface area contributed by atoms with Crippen LogP contribution in [0.3, 0.4) is 0 Å². The van der Waals surface area contributed by atoms with Gasteiger partial charge in [0.25, 0.3) is 0 Å². The predicted molar refractivity (Wildman–Crippen MR) is 58.5 cm³/mol. The van der Waals surface area contributed by atoms with E-state index in [0.29, 0.717) is 11.1 Å². The van der Waals surface area contributed by atoms with E-state index < -0.39 is 23.3 Å². The Morgan fingerprint density at radius 3 is 2.11 bits per heavy atom. The minimum atomic E-state index is -4.61. The van der Waals surface area contributed by atoms with E-state index >= 15 is 0 Å². The summed E-state index contributed by atoms with van der Waals surface area (Å²) in [7, 11) is 0. The van der Waals surface area contributed by atoms with Gasteiger partial charge >= 0.3 is 6.18 Å². The number of hydrogen-bond acceptors (Lipinski definition) is 1. The van der Waals surface area contributed by atoms with Crippen LogP contribution in [0.25, 0.3) is 11.1 Å². The number of hydrogen-bond donors (Lipinski definition) is 1. The van der Waals surface area contributed by atoms with Crippen LogP contribution in [0.2, 0.25) is 0 Å². The molecule has 0 fully saturated rings. The lowest BCUT2D eigenvalue weighted by Crippen LogP contribution is -2.04. The molecular weight excluding hydrogens is 248 g/mol. The number of aromatic hydroxyl groups is 1. The van der Waals surface area contributed by atoms with Crippen molar-refractivity contribution < 1.29 is 22.7 Å². The molecule has 1 nitrogen and oxygen atoms in total. The largest absolute Gasteiger partial charge is 0.507 e. The molecule has 5 heteroatoms. The van der Waals surface area contributed by atoms with Crippen molar-refractivity contribution in [3.05, 3.63) is 53.8 Å². The third kappa shape index (κ3) is 2.45. The van der Waals surface area contributed by atoms with Crippen LogP contribution < -0.4 is 0 Å². The zero-order valence-corrected chi connectivity index (χ0v) is 9.00. The van der Waals surface area contributed by atoms with Crippen molar-refractivity contribution in [2.75, 3.05) is 0 Å². The zero-order valence-electron chi connectivity index (χ0n) is 9.00.